The van der Waals surface area contributed by atoms with Crippen LogP contribution < -0.4 is 0 Å². The Morgan fingerprint density at radius 1 is 1.08 bits per heavy atom. The second-order valence-electron chi connectivity index (χ2n) is 6.29. The van der Waals surface area contributed by atoms with Gasteiger partial charge in [-0.15, -0.1) is 0 Å². The number of ketones is 1. The second kappa shape index (κ2) is 8.20. The van der Waals surface area contributed by atoms with E-state index in [4.69, 9.17) is 14.2 Å². The van der Waals surface area contributed by atoms with Crippen LogP contribution in [0.25, 0.3) is 0 Å². The summed E-state index contributed by atoms with van der Waals surface area (Å²) in [5.74, 6) is -0.176. The van der Waals surface area contributed by atoms with Crippen LogP contribution in [-0.2, 0) is 23.8 Å². The molecule has 2 aliphatic heterocycles. The fourth-order valence-corrected chi connectivity index (χ4v) is 3.77. The lowest BCUT2D eigenvalue weighted by Gasteiger charge is -2.41. The molecule has 0 amide bonds. The normalized spacial score (nSPS) is 29.5. The highest BCUT2D eigenvalue weighted by Gasteiger charge is 2.44. The van der Waals surface area contributed by atoms with Crippen molar-refractivity contribution in [2.75, 3.05) is 59.2 Å². The molecule has 2 heterocycles. The lowest BCUT2D eigenvalue weighted by Crippen LogP contribution is -2.58. The quantitative estimate of drug-likeness (QED) is 0.646. The third kappa shape index (κ3) is 3.85. The third-order valence-electron chi connectivity index (χ3n) is 4.83. The first-order valence-corrected chi connectivity index (χ1v) is 8.74. The molecule has 3 aliphatic rings. The number of hydrogen-bond donors (Lipinski definition) is 0. The van der Waals surface area contributed by atoms with E-state index < -0.39 is 0 Å². The summed E-state index contributed by atoms with van der Waals surface area (Å²) >= 11 is 0. The Hall–Kier alpha value is -1.28. The monoisotopic (exact) mass is 338 g/mol. The van der Waals surface area contributed by atoms with E-state index in [0.29, 0.717) is 33.0 Å². The highest BCUT2D eigenvalue weighted by molar-refractivity contribution is 6.00. The minimum Gasteiger partial charge on any atom is -0.466 e. The topological polar surface area (TPSA) is 68.3 Å². The van der Waals surface area contributed by atoms with Gasteiger partial charge in [-0.05, 0) is 18.6 Å². The molecule has 2 saturated heterocycles. The van der Waals surface area contributed by atoms with Gasteiger partial charge in [0.2, 0.25) is 0 Å². The van der Waals surface area contributed by atoms with Crippen LogP contribution in [0, 0.1) is 0 Å². The summed E-state index contributed by atoms with van der Waals surface area (Å²) in [7, 11) is 0. The van der Waals surface area contributed by atoms with Gasteiger partial charge >= 0.3 is 5.97 Å². The number of esters is 1. The van der Waals surface area contributed by atoms with Crippen LogP contribution in [0.15, 0.2) is 11.6 Å². The largest absolute Gasteiger partial charge is 0.466 e. The van der Waals surface area contributed by atoms with Gasteiger partial charge < -0.3 is 14.2 Å². The van der Waals surface area contributed by atoms with Gasteiger partial charge in [0.05, 0.1) is 51.5 Å². The highest BCUT2D eigenvalue weighted by Crippen LogP contribution is 2.30. The summed E-state index contributed by atoms with van der Waals surface area (Å²) in [5, 5.41) is 0. The van der Waals surface area contributed by atoms with Crippen molar-refractivity contribution < 1.29 is 23.8 Å². The fourth-order valence-electron chi connectivity index (χ4n) is 3.77. The fraction of sp³-hybridized carbons (Fsp3) is 0.765. The van der Waals surface area contributed by atoms with Crippen LogP contribution >= 0.6 is 0 Å². The van der Waals surface area contributed by atoms with Gasteiger partial charge in [-0.1, -0.05) is 0 Å². The number of morpholine rings is 2. The van der Waals surface area contributed by atoms with Crippen LogP contribution in [0.3, 0.4) is 0 Å². The van der Waals surface area contributed by atoms with Crippen molar-refractivity contribution in [3.05, 3.63) is 11.6 Å². The maximum atomic E-state index is 12.7. The smallest absolute Gasteiger partial charge is 0.309 e. The molecule has 0 spiro atoms. The van der Waals surface area contributed by atoms with Gasteiger partial charge in [0.15, 0.2) is 5.78 Å². The molecular weight excluding hydrogens is 312 g/mol. The predicted molar refractivity (Wildman–Crippen MR) is 86.7 cm³/mol. The Kier molecular flexibility index (Phi) is 5.99. The van der Waals surface area contributed by atoms with E-state index in [-0.39, 0.29) is 30.3 Å². The van der Waals surface area contributed by atoms with Crippen LogP contribution in [-0.4, -0.2) is 92.8 Å². The summed E-state index contributed by atoms with van der Waals surface area (Å²) in [6.45, 7) is 7.81. The first kappa shape index (κ1) is 17.5. The van der Waals surface area contributed by atoms with Gasteiger partial charge in [-0.2, -0.15) is 0 Å². The molecule has 7 nitrogen and oxygen atoms in total. The van der Waals surface area contributed by atoms with Crippen molar-refractivity contribution in [3.63, 3.8) is 0 Å². The Labute approximate surface area is 142 Å². The van der Waals surface area contributed by atoms with E-state index >= 15 is 0 Å². The van der Waals surface area contributed by atoms with Gasteiger partial charge in [0.25, 0.3) is 0 Å². The average Bonchev–Trinajstić information content (AvgIpc) is 2.92. The summed E-state index contributed by atoms with van der Waals surface area (Å²) in [4.78, 5) is 29.1. The third-order valence-corrected chi connectivity index (χ3v) is 4.83. The van der Waals surface area contributed by atoms with Gasteiger partial charge in [0.1, 0.15) is 0 Å². The zero-order chi connectivity index (χ0) is 16.9. The maximum absolute atomic E-state index is 12.7. The number of ether oxygens (including phenoxy) is 3. The summed E-state index contributed by atoms with van der Waals surface area (Å²) in [5.41, 5.74) is 0.872. The lowest BCUT2D eigenvalue weighted by molar-refractivity contribution is -0.142. The first-order chi connectivity index (χ1) is 11.7. The molecule has 0 aromatic carbocycles. The minimum absolute atomic E-state index is 0.0658. The first-order valence-electron chi connectivity index (χ1n) is 8.74. The molecule has 2 unspecified atom stereocenters. The molecule has 134 valence electrons. The number of nitrogens with zero attached hydrogens (tertiary/aromatic N) is 2. The highest BCUT2D eigenvalue weighted by atomic mass is 16.5. The van der Waals surface area contributed by atoms with Gasteiger partial charge in [0, 0.05) is 26.2 Å². The summed E-state index contributed by atoms with van der Waals surface area (Å²) < 4.78 is 16.0. The Morgan fingerprint density at radius 2 is 1.62 bits per heavy atom. The molecule has 0 bridgehead atoms. The Balaban J connectivity index is 1.79. The molecule has 1 aliphatic carbocycles. The Morgan fingerprint density at radius 3 is 2.17 bits per heavy atom. The summed E-state index contributed by atoms with van der Waals surface area (Å²) in [6.07, 6.45) is 1.85. The number of carbonyl (C=O) groups excluding carboxylic acids is 2. The van der Waals surface area contributed by atoms with Crippen molar-refractivity contribution in [2.24, 2.45) is 0 Å². The molecule has 0 aromatic heterocycles. The van der Waals surface area contributed by atoms with E-state index in [2.05, 4.69) is 9.80 Å². The van der Waals surface area contributed by atoms with E-state index in [1.54, 1.807) is 13.0 Å². The predicted octanol–water partition coefficient (Wildman–Crippen LogP) is -0.150. The van der Waals surface area contributed by atoms with E-state index in [0.717, 1.165) is 31.8 Å². The zero-order valence-corrected chi connectivity index (χ0v) is 14.2. The van der Waals surface area contributed by atoms with E-state index in [1.807, 2.05) is 0 Å². The molecule has 0 aromatic rings. The van der Waals surface area contributed by atoms with Gasteiger partial charge in [-0.25, -0.2) is 0 Å². The van der Waals surface area contributed by atoms with Crippen LogP contribution in [0.5, 0.6) is 0 Å². The second-order valence-corrected chi connectivity index (χ2v) is 6.29. The van der Waals surface area contributed by atoms with Crippen LogP contribution in [0.2, 0.25) is 0 Å². The molecule has 3 rings (SSSR count). The van der Waals surface area contributed by atoms with Crippen molar-refractivity contribution in [3.8, 4) is 0 Å². The van der Waals surface area contributed by atoms with Crippen molar-refractivity contribution in [2.45, 2.75) is 25.4 Å². The number of hydrogen-bond acceptors (Lipinski definition) is 7. The molecule has 0 N–H and O–H groups in total. The van der Waals surface area contributed by atoms with E-state index in [9.17, 15) is 9.59 Å². The SMILES string of the molecule is CCOC(=O)CC1=CC(=O)C(N2CCOCC2)C1N1CCOCC1. The lowest BCUT2D eigenvalue weighted by atomic mass is 9.99. The molecule has 0 saturated carbocycles. The molecule has 7 heteroatoms. The molecular formula is C17H26N2O5. The summed E-state index contributed by atoms with van der Waals surface area (Å²) in [6, 6.07) is -0.291. The van der Waals surface area contributed by atoms with Crippen LogP contribution in [0.1, 0.15) is 13.3 Å². The average molecular weight is 338 g/mol. The molecule has 2 fully saturated rings. The number of rotatable bonds is 5. The molecule has 24 heavy (non-hydrogen) atoms. The van der Waals surface area contributed by atoms with Crippen molar-refractivity contribution in [1.82, 2.24) is 9.80 Å². The van der Waals surface area contributed by atoms with Crippen molar-refractivity contribution in [1.29, 1.82) is 0 Å². The van der Waals surface area contributed by atoms with Gasteiger partial charge in [-0.3, -0.25) is 19.4 Å². The van der Waals surface area contributed by atoms with Crippen molar-refractivity contribution >= 4 is 11.8 Å². The Bertz CT molecular complexity index is 495. The molecule has 2 atom stereocenters. The van der Waals surface area contributed by atoms with Crippen LogP contribution in [0.4, 0.5) is 0 Å². The maximum Gasteiger partial charge on any atom is 0.309 e. The minimum atomic E-state index is -0.266. The zero-order valence-electron chi connectivity index (χ0n) is 14.2. The molecule has 0 radical (unpaired) electrons. The standard InChI is InChI=1S/C17H26N2O5/c1-2-24-15(21)12-13-11-14(20)17(19-5-9-23-10-6-19)16(13)18-3-7-22-8-4-18/h11,16-17H,2-10,12H2,1H3. The number of carbonyl (C=O) groups is 2. The van der Waals surface area contributed by atoms with E-state index in [1.165, 1.54) is 0 Å².